The van der Waals surface area contributed by atoms with Crippen molar-refractivity contribution in [3.63, 3.8) is 0 Å². The van der Waals surface area contributed by atoms with Crippen molar-refractivity contribution in [3.8, 4) is 0 Å². The average Bonchev–Trinajstić information content (AvgIpc) is 3.39. The van der Waals surface area contributed by atoms with Gasteiger partial charge in [0.25, 0.3) is 0 Å². The first-order valence-corrected chi connectivity index (χ1v) is 19.8. The van der Waals surface area contributed by atoms with E-state index in [9.17, 15) is 26.3 Å². The van der Waals surface area contributed by atoms with E-state index in [4.69, 9.17) is 0 Å². The van der Waals surface area contributed by atoms with Crippen LogP contribution in [0.2, 0.25) is 0 Å². The molecule has 7 fully saturated rings. The average molecular weight is 659 g/mol. The Balaban J connectivity index is 1.02. The molecular weight excluding hydrogens is 598 g/mol. The normalized spacial score (nSPS) is 42.6. The third-order valence-corrected chi connectivity index (χ3v) is 14.9. The van der Waals surface area contributed by atoms with Crippen LogP contribution in [-0.4, -0.2) is 58.4 Å². The highest BCUT2D eigenvalue weighted by atomic mass is 19.4. The summed E-state index contributed by atoms with van der Waals surface area (Å²) in [7, 11) is 0. The molecule has 6 saturated carbocycles. The quantitative estimate of drug-likeness (QED) is 0.271. The molecule has 8 heteroatoms. The van der Waals surface area contributed by atoms with E-state index in [1.165, 1.54) is 109 Å². The van der Waals surface area contributed by atoms with E-state index in [1.54, 1.807) is 0 Å². The molecule has 1 heterocycles. The molecule has 0 radical (unpaired) electrons. The fraction of sp³-hybridized carbons (Fsp3) is 1.00. The molecule has 6 aliphatic carbocycles. The van der Waals surface area contributed by atoms with Gasteiger partial charge in [-0.2, -0.15) is 26.3 Å². The lowest BCUT2D eigenvalue weighted by molar-refractivity contribution is -0.267. The number of hydrogen-bond donors (Lipinski definition) is 0. The molecule has 0 aromatic heterocycles. The van der Waals surface area contributed by atoms with Crippen LogP contribution < -0.4 is 0 Å². The largest absolute Gasteiger partial charge is 0.392 e. The van der Waals surface area contributed by atoms with Gasteiger partial charge in [0.1, 0.15) is 0 Å². The van der Waals surface area contributed by atoms with Crippen molar-refractivity contribution in [1.29, 1.82) is 0 Å². The Labute approximate surface area is 274 Å². The molecule has 1 saturated heterocycles. The zero-order valence-electron chi connectivity index (χ0n) is 28.1. The third kappa shape index (κ3) is 6.93. The first kappa shape index (κ1) is 34.0. The minimum absolute atomic E-state index is 0.145. The van der Waals surface area contributed by atoms with Crippen LogP contribution >= 0.6 is 0 Å². The second-order valence-corrected chi connectivity index (χ2v) is 17.1. The van der Waals surface area contributed by atoms with Gasteiger partial charge in [-0.3, -0.25) is 9.80 Å². The van der Waals surface area contributed by atoms with Gasteiger partial charge in [-0.05, 0) is 126 Å². The van der Waals surface area contributed by atoms with E-state index in [-0.39, 0.29) is 24.7 Å². The van der Waals surface area contributed by atoms with E-state index < -0.39 is 24.2 Å². The summed E-state index contributed by atoms with van der Waals surface area (Å²) in [6.45, 7) is 0. The predicted molar refractivity (Wildman–Crippen MR) is 170 cm³/mol. The van der Waals surface area contributed by atoms with Gasteiger partial charge in [0.15, 0.2) is 0 Å². The summed E-state index contributed by atoms with van der Waals surface area (Å²) < 4.78 is 82.1. The molecule has 0 spiro atoms. The Morgan fingerprint density at radius 1 is 0.413 bits per heavy atom. The lowest BCUT2D eigenvalue weighted by atomic mass is 9.66. The molecule has 0 bridgehead atoms. The Kier molecular flexibility index (Phi) is 10.4. The topological polar surface area (TPSA) is 6.48 Å². The van der Waals surface area contributed by atoms with Crippen molar-refractivity contribution < 1.29 is 26.3 Å². The lowest BCUT2D eigenvalue weighted by Crippen LogP contribution is -2.55. The summed E-state index contributed by atoms with van der Waals surface area (Å²) in [6, 6.07) is 4.14. The van der Waals surface area contributed by atoms with E-state index in [0.717, 1.165) is 55.6 Å². The molecule has 264 valence electrons. The van der Waals surface area contributed by atoms with Crippen LogP contribution in [0.15, 0.2) is 0 Å². The fourth-order valence-corrected chi connectivity index (χ4v) is 13.0. The fourth-order valence-electron chi connectivity index (χ4n) is 13.0. The first-order valence-electron chi connectivity index (χ1n) is 19.8. The van der Waals surface area contributed by atoms with Crippen molar-refractivity contribution >= 4 is 0 Å². The van der Waals surface area contributed by atoms with Gasteiger partial charge >= 0.3 is 12.4 Å². The van der Waals surface area contributed by atoms with Crippen molar-refractivity contribution in [2.24, 2.45) is 35.5 Å². The zero-order valence-corrected chi connectivity index (χ0v) is 28.1. The number of halogens is 6. The van der Waals surface area contributed by atoms with Crippen molar-refractivity contribution in [2.75, 3.05) is 0 Å². The number of rotatable bonds is 5. The molecule has 46 heavy (non-hydrogen) atoms. The van der Waals surface area contributed by atoms with Gasteiger partial charge in [-0.25, -0.2) is 0 Å². The van der Waals surface area contributed by atoms with Gasteiger partial charge < -0.3 is 0 Å². The van der Waals surface area contributed by atoms with Crippen molar-refractivity contribution in [2.45, 2.75) is 203 Å². The predicted octanol–water partition coefficient (Wildman–Crippen LogP) is 11.1. The van der Waals surface area contributed by atoms with Gasteiger partial charge in [0.2, 0.25) is 0 Å². The maximum absolute atomic E-state index is 13.8. The molecule has 7 rings (SSSR count). The molecule has 8 unspecified atom stereocenters. The Hall–Kier alpha value is -0.500. The molecule has 7 aliphatic rings. The van der Waals surface area contributed by atoms with E-state index >= 15 is 0 Å². The summed E-state index contributed by atoms with van der Waals surface area (Å²) in [6.07, 6.45) is 17.2. The maximum Gasteiger partial charge on any atom is 0.392 e. The highest BCUT2D eigenvalue weighted by molar-refractivity contribution is 5.08. The zero-order chi connectivity index (χ0) is 32.1. The smallest absolute Gasteiger partial charge is 0.294 e. The Morgan fingerprint density at radius 2 is 0.957 bits per heavy atom. The van der Waals surface area contributed by atoms with Crippen LogP contribution in [0.25, 0.3) is 0 Å². The highest BCUT2D eigenvalue weighted by Crippen LogP contribution is 2.55. The van der Waals surface area contributed by atoms with Crippen LogP contribution in [-0.2, 0) is 0 Å². The maximum atomic E-state index is 13.8. The number of fused-ring (bicyclic) bond motifs is 3. The standard InChI is InChI=1S/C38H60F6N2/c39-37(40,41)33-21-17-26(23-34(33)38(42,43)44)25-15-18-29(19-16-25)46-35-14-8-7-13-31(35)32-24-30(20-22-36(32)46)45(27-9-3-1-4-10-27)28-11-5-2-6-12-28/h25-36H,1-24H2. The van der Waals surface area contributed by atoms with Crippen LogP contribution in [0.3, 0.4) is 0 Å². The summed E-state index contributed by atoms with van der Waals surface area (Å²) in [5.41, 5.74) is 0. The Bertz CT molecular complexity index is 961. The SMILES string of the molecule is FC(F)(F)C1CCC(C2CCC(N3C4CCCCC4C4CC(N(C5CCCCC5)C5CCCCC5)CCC43)CC2)CC1C(F)(F)F. The molecule has 0 amide bonds. The summed E-state index contributed by atoms with van der Waals surface area (Å²) in [5.74, 6) is -2.96. The molecular formula is C38H60F6N2. The third-order valence-electron chi connectivity index (χ3n) is 14.9. The molecule has 1 aliphatic heterocycles. The van der Waals surface area contributed by atoms with Gasteiger partial charge in [-0.15, -0.1) is 0 Å². The van der Waals surface area contributed by atoms with Crippen molar-refractivity contribution in [3.05, 3.63) is 0 Å². The molecule has 2 nitrogen and oxygen atoms in total. The van der Waals surface area contributed by atoms with Gasteiger partial charge in [0, 0.05) is 36.3 Å². The summed E-state index contributed by atoms with van der Waals surface area (Å²) in [5, 5.41) is 0. The Morgan fingerprint density at radius 3 is 1.57 bits per heavy atom. The van der Waals surface area contributed by atoms with Crippen LogP contribution in [0.5, 0.6) is 0 Å². The monoisotopic (exact) mass is 658 g/mol. The second kappa shape index (κ2) is 14.0. The van der Waals surface area contributed by atoms with E-state index in [0.29, 0.717) is 24.5 Å². The molecule has 0 aromatic carbocycles. The van der Waals surface area contributed by atoms with Crippen LogP contribution in [0.4, 0.5) is 26.3 Å². The number of hydrogen-bond acceptors (Lipinski definition) is 2. The molecule has 0 N–H and O–H groups in total. The number of nitrogens with zero attached hydrogens (tertiary/aromatic N) is 2. The molecule has 0 aromatic rings. The summed E-state index contributed by atoms with van der Waals surface area (Å²) in [4.78, 5) is 6.09. The lowest BCUT2D eigenvalue weighted by Gasteiger charge is -2.50. The number of alkyl halides is 6. The van der Waals surface area contributed by atoms with Crippen LogP contribution in [0.1, 0.15) is 154 Å². The number of likely N-dealkylation sites (tertiary alicyclic amines) is 1. The second-order valence-electron chi connectivity index (χ2n) is 17.1. The minimum Gasteiger partial charge on any atom is -0.294 e. The minimum atomic E-state index is -4.78. The van der Waals surface area contributed by atoms with Crippen LogP contribution in [0, 0.1) is 35.5 Å². The first-order chi connectivity index (χ1) is 22.1. The van der Waals surface area contributed by atoms with E-state index in [2.05, 4.69) is 9.80 Å². The summed E-state index contributed by atoms with van der Waals surface area (Å²) >= 11 is 0. The highest BCUT2D eigenvalue weighted by Gasteiger charge is 2.58. The van der Waals surface area contributed by atoms with Crippen molar-refractivity contribution in [1.82, 2.24) is 9.80 Å². The van der Waals surface area contributed by atoms with Gasteiger partial charge in [0.05, 0.1) is 11.8 Å². The molecule has 8 atom stereocenters. The van der Waals surface area contributed by atoms with E-state index in [1.807, 2.05) is 0 Å². The van der Waals surface area contributed by atoms with Gasteiger partial charge in [-0.1, -0.05) is 51.4 Å².